The van der Waals surface area contributed by atoms with Gasteiger partial charge in [0, 0.05) is 56.1 Å². The molecule has 2 aliphatic rings. The van der Waals surface area contributed by atoms with Gasteiger partial charge in [-0.15, -0.1) is 36.2 Å². The first-order chi connectivity index (χ1) is 13.2. The molecule has 1 saturated carbocycles. The maximum absolute atomic E-state index is 12.6. The summed E-state index contributed by atoms with van der Waals surface area (Å²) < 4.78 is 0. The molecule has 1 saturated heterocycles. The first-order valence-electron chi connectivity index (χ1n) is 9.94. The number of piperazine rings is 1. The second kappa shape index (κ2) is 11.3. The van der Waals surface area contributed by atoms with Crippen molar-refractivity contribution in [1.82, 2.24) is 14.8 Å². The molecule has 2 N–H and O–H groups in total. The molecule has 0 radical (unpaired) electrons. The summed E-state index contributed by atoms with van der Waals surface area (Å²) in [6.45, 7) is 4.33. The zero-order chi connectivity index (χ0) is 18.6. The molecule has 2 heterocycles. The Labute approximate surface area is 189 Å². The predicted molar refractivity (Wildman–Crippen MR) is 124 cm³/mol. The Morgan fingerprint density at radius 2 is 1.83 bits per heavy atom. The number of amides is 1. The minimum Gasteiger partial charge on any atom is -0.340 e. The summed E-state index contributed by atoms with van der Waals surface area (Å²) >= 11 is 1.70. The maximum Gasteiger partial charge on any atom is 0.222 e. The van der Waals surface area contributed by atoms with Gasteiger partial charge in [-0.3, -0.25) is 9.69 Å². The van der Waals surface area contributed by atoms with Gasteiger partial charge in [0.25, 0.3) is 0 Å². The van der Waals surface area contributed by atoms with Crippen LogP contribution in [0.2, 0.25) is 0 Å². The van der Waals surface area contributed by atoms with Crippen molar-refractivity contribution in [2.24, 2.45) is 11.7 Å². The fourth-order valence-corrected chi connectivity index (χ4v) is 4.97. The van der Waals surface area contributed by atoms with Gasteiger partial charge in [0.15, 0.2) is 0 Å². The number of hydrogen-bond donors (Lipinski definition) is 1. The van der Waals surface area contributed by atoms with E-state index in [0.29, 0.717) is 12.3 Å². The second-order valence-corrected chi connectivity index (χ2v) is 8.58. The normalized spacial score (nSPS) is 22.0. The summed E-state index contributed by atoms with van der Waals surface area (Å²) in [5.74, 6) is 0.680. The highest BCUT2D eigenvalue weighted by Gasteiger charge is 2.29. The lowest BCUT2D eigenvalue weighted by atomic mass is 9.99. The predicted octanol–water partition coefficient (Wildman–Crippen LogP) is 3.82. The van der Waals surface area contributed by atoms with Gasteiger partial charge in [-0.2, -0.15) is 0 Å². The molecular formula is C21H30Cl2N4OS. The van der Waals surface area contributed by atoms with Crippen LogP contribution in [0, 0.1) is 5.92 Å². The Bertz CT molecular complexity index is 765. The first kappa shape index (κ1) is 24.1. The van der Waals surface area contributed by atoms with Crippen LogP contribution in [-0.2, 0) is 11.3 Å². The van der Waals surface area contributed by atoms with E-state index in [-0.39, 0.29) is 36.8 Å². The SMILES string of the molecule is Cl.Cl.N[C@@H]1CCC[C@H]1CC(=O)N1CCN(Cc2csc(-c3ccccc3)n2)CC1. The lowest BCUT2D eigenvalue weighted by molar-refractivity contribution is -0.134. The van der Waals surface area contributed by atoms with Gasteiger partial charge in [-0.1, -0.05) is 36.8 Å². The molecule has 0 bridgehead atoms. The number of nitrogens with zero attached hydrogens (tertiary/aromatic N) is 3. The monoisotopic (exact) mass is 456 g/mol. The van der Waals surface area contributed by atoms with Gasteiger partial charge in [-0.25, -0.2) is 4.98 Å². The third-order valence-electron chi connectivity index (χ3n) is 5.84. The van der Waals surface area contributed by atoms with Gasteiger partial charge in [0.05, 0.1) is 5.69 Å². The average molecular weight is 457 g/mol. The molecule has 0 unspecified atom stereocenters. The van der Waals surface area contributed by atoms with E-state index in [9.17, 15) is 4.79 Å². The van der Waals surface area contributed by atoms with Gasteiger partial charge in [0.1, 0.15) is 5.01 Å². The Morgan fingerprint density at radius 3 is 2.48 bits per heavy atom. The molecule has 4 rings (SSSR count). The lowest BCUT2D eigenvalue weighted by Gasteiger charge is -2.35. The lowest BCUT2D eigenvalue weighted by Crippen LogP contribution is -2.49. The van der Waals surface area contributed by atoms with Crippen LogP contribution in [0.4, 0.5) is 0 Å². The largest absolute Gasteiger partial charge is 0.340 e. The molecule has 1 aliphatic heterocycles. The molecule has 1 aliphatic carbocycles. The Balaban J connectivity index is 0.00000150. The van der Waals surface area contributed by atoms with E-state index < -0.39 is 0 Å². The quantitative estimate of drug-likeness (QED) is 0.742. The van der Waals surface area contributed by atoms with Crippen LogP contribution in [-0.4, -0.2) is 52.9 Å². The molecule has 2 atom stereocenters. The summed E-state index contributed by atoms with van der Waals surface area (Å²) in [6.07, 6.45) is 3.99. The van der Waals surface area contributed by atoms with Crippen molar-refractivity contribution in [1.29, 1.82) is 0 Å². The zero-order valence-electron chi connectivity index (χ0n) is 16.5. The second-order valence-electron chi connectivity index (χ2n) is 7.73. The van der Waals surface area contributed by atoms with E-state index in [1.807, 2.05) is 23.1 Å². The standard InChI is InChI=1S/C21H28N4OS.2ClH/c22-19-8-4-7-17(19)13-20(26)25-11-9-24(10-12-25)14-18-15-27-21(23-18)16-5-2-1-3-6-16;;/h1-3,5-6,15,17,19H,4,7-14,22H2;2*1H/t17-,19+;;/m0../s1. The van der Waals surface area contributed by atoms with Crippen molar-refractivity contribution in [2.75, 3.05) is 26.2 Å². The van der Waals surface area contributed by atoms with E-state index in [1.165, 1.54) is 12.0 Å². The van der Waals surface area contributed by atoms with Crippen molar-refractivity contribution < 1.29 is 4.79 Å². The number of aromatic nitrogens is 1. The molecule has 8 heteroatoms. The van der Waals surface area contributed by atoms with E-state index in [1.54, 1.807) is 11.3 Å². The van der Waals surface area contributed by atoms with Crippen molar-refractivity contribution in [3.05, 3.63) is 41.4 Å². The number of carbonyl (C=O) groups excluding carboxylic acids is 1. The summed E-state index contributed by atoms with van der Waals surface area (Å²) in [5, 5.41) is 3.23. The number of halogens is 2. The van der Waals surface area contributed by atoms with Crippen LogP contribution in [0.15, 0.2) is 35.7 Å². The molecule has 1 aromatic heterocycles. The third-order valence-corrected chi connectivity index (χ3v) is 6.78. The van der Waals surface area contributed by atoms with Crippen LogP contribution < -0.4 is 5.73 Å². The number of nitrogens with two attached hydrogens (primary N) is 1. The Kier molecular flexibility index (Phi) is 9.37. The van der Waals surface area contributed by atoms with Crippen molar-refractivity contribution in [3.63, 3.8) is 0 Å². The Morgan fingerprint density at radius 1 is 1.10 bits per heavy atom. The topological polar surface area (TPSA) is 62.5 Å². The molecular weight excluding hydrogens is 427 g/mol. The van der Waals surface area contributed by atoms with Gasteiger partial charge in [0.2, 0.25) is 5.91 Å². The summed E-state index contributed by atoms with van der Waals surface area (Å²) in [7, 11) is 0. The average Bonchev–Trinajstić information content (AvgIpc) is 3.32. The van der Waals surface area contributed by atoms with Crippen molar-refractivity contribution in [3.8, 4) is 10.6 Å². The summed E-state index contributed by atoms with van der Waals surface area (Å²) in [4.78, 5) is 21.8. The van der Waals surface area contributed by atoms with E-state index in [0.717, 1.165) is 56.3 Å². The van der Waals surface area contributed by atoms with E-state index >= 15 is 0 Å². The number of hydrogen-bond acceptors (Lipinski definition) is 5. The van der Waals surface area contributed by atoms with Crippen LogP contribution >= 0.6 is 36.2 Å². The highest BCUT2D eigenvalue weighted by Crippen LogP contribution is 2.28. The number of thiazole rings is 1. The third kappa shape index (κ3) is 6.15. The number of carbonyl (C=O) groups is 1. The molecule has 5 nitrogen and oxygen atoms in total. The summed E-state index contributed by atoms with van der Waals surface area (Å²) in [6, 6.07) is 10.5. The highest BCUT2D eigenvalue weighted by molar-refractivity contribution is 7.13. The van der Waals surface area contributed by atoms with Gasteiger partial charge >= 0.3 is 0 Å². The molecule has 1 amide bonds. The van der Waals surface area contributed by atoms with Gasteiger partial charge < -0.3 is 10.6 Å². The van der Waals surface area contributed by atoms with Crippen molar-refractivity contribution in [2.45, 2.75) is 38.3 Å². The summed E-state index contributed by atoms with van der Waals surface area (Å²) in [5.41, 5.74) is 8.42. The smallest absolute Gasteiger partial charge is 0.222 e. The van der Waals surface area contributed by atoms with E-state index in [4.69, 9.17) is 10.7 Å². The fourth-order valence-electron chi connectivity index (χ4n) is 4.15. The molecule has 2 fully saturated rings. The van der Waals surface area contributed by atoms with Crippen LogP contribution in [0.1, 0.15) is 31.4 Å². The Hall–Kier alpha value is -1.18. The molecule has 1 aromatic carbocycles. The first-order valence-corrected chi connectivity index (χ1v) is 10.8. The van der Waals surface area contributed by atoms with Crippen LogP contribution in [0.3, 0.4) is 0 Å². The number of rotatable bonds is 5. The van der Waals surface area contributed by atoms with Crippen molar-refractivity contribution >= 4 is 42.1 Å². The van der Waals surface area contributed by atoms with E-state index in [2.05, 4.69) is 22.4 Å². The van der Waals surface area contributed by atoms with Crippen LogP contribution in [0.25, 0.3) is 10.6 Å². The molecule has 29 heavy (non-hydrogen) atoms. The number of benzene rings is 1. The maximum atomic E-state index is 12.6. The van der Waals surface area contributed by atoms with Crippen LogP contribution in [0.5, 0.6) is 0 Å². The zero-order valence-corrected chi connectivity index (χ0v) is 19.0. The molecule has 160 valence electrons. The molecule has 2 aromatic rings. The minimum atomic E-state index is 0. The highest BCUT2D eigenvalue weighted by atomic mass is 35.5. The molecule has 0 spiro atoms. The van der Waals surface area contributed by atoms with Gasteiger partial charge in [-0.05, 0) is 18.8 Å². The fraction of sp³-hybridized carbons (Fsp3) is 0.524. The minimum absolute atomic E-state index is 0.